The molecule has 0 bridgehead atoms. The molecule has 158 valence electrons. The topological polar surface area (TPSA) is 82.1 Å². The molecule has 0 unspecified atom stereocenters. The van der Waals surface area contributed by atoms with Crippen molar-refractivity contribution >= 4 is 35.0 Å². The smallest absolute Gasteiger partial charge is 0.326 e. The Kier molecular flexibility index (Phi) is 8.57. The number of carbonyl (C=O) groups excluding carboxylic acids is 3. The minimum absolute atomic E-state index is 0.246. The molecule has 0 aromatic heterocycles. The molecule has 29 heavy (non-hydrogen) atoms. The van der Waals surface area contributed by atoms with E-state index in [1.165, 1.54) is 0 Å². The molecule has 0 N–H and O–H groups in total. The first-order valence-electron chi connectivity index (χ1n) is 9.74. The first-order chi connectivity index (χ1) is 13.9. The van der Waals surface area contributed by atoms with Crippen molar-refractivity contribution in [1.82, 2.24) is 4.90 Å². The second-order valence-electron chi connectivity index (χ2n) is 6.46. The lowest BCUT2D eigenvalue weighted by Crippen LogP contribution is -2.35. The van der Waals surface area contributed by atoms with Crippen LogP contribution in [0.25, 0.3) is 6.08 Å². The molecule has 1 aromatic rings. The Labute approximate surface area is 175 Å². The Bertz CT molecular complexity index is 791. The van der Waals surface area contributed by atoms with Crippen LogP contribution in [0, 0.1) is 0 Å². The van der Waals surface area contributed by atoms with Gasteiger partial charge in [-0.05, 0) is 62.2 Å². The van der Waals surface area contributed by atoms with Gasteiger partial charge < -0.3 is 14.2 Å². The standard InChI is InChI=1S/C21H27NO6S/c1-5-10-27-16-9-8-15(11-17(16)26-7-3)12-18-20(24)22(21(25)29-18)13-19(23)28-14(4)6-2/h8-9,11-12,14H,5-7,10,13H2,1-4H3/b18-12-/t14-/m1/s1. The molecular weight excluding hydrogens is 394 g/mol. The summed E-state index contributed by atoms with van der Waals surface area (Å²) in [5.74, 6) is 0.0992. The van der Waals surface area contributed by atoms with E-state index in [4.69, 9.17) is 14.2 Å². The van der Waals surface area contributed by atoms with E-state index in [9.17, 15) is 14.4 Å². The molecule has 0 aliphatic carbocycles. The molecule has 1 heterocycles. The zero-order valence-corrected chi connectivity index (χ0v) is 18.0. The molecule has 2 amide bonds. The van der Waals surface area contributed by atoms with Gasteiger partial charge in [0, 0.05) is 0 Å². The molecule has 1 aliphatic rings. The van der Waals surface area contributed by atoms with E-state index in [-0.39, 0.29) is 17.6 Å². The monoisotopic (exact) mass is 421 g/mol. The van der Waals surface area contributed by atoms with Crippen LogP contribution in [-0.4, -0.2) is 47.9 Å². The molecule has 1 fully saturated rings. The molecular formula is C21H27NO6S. The van der Waals surface area contributed by atoms with Crippen LogP contribution in [0.5, 0.6) is 11.5 Å². The quantitative estimate of drug-likeness (QED) is 0.412. The van der Waals surface area contributed by atoms with Crippen LogP contribution in [0.2, 0.25) is 0 Å². The van der Waals surface area contributed by atoms with Crippen LogP contribution in [-0.2, 0) is 14.3 Å². The summed E-state index contributed by atoms with van der Waals surface area (Å²) in [6.45, 7) is 8.20. The number of benzene rings is 1. The number of hydrogen-bond donors (Lipinski definition) is 0. The van der Waals surface area contributed by atoms with E-state index >= 15 is 0 Å². The number of amides is 2. The molecule has 0 radical (unpaired) electrons. The van der Waals surface area contributed by atoms with Gasteiger partial charge in [0.05, 0.1) is 24.2 Å². The number of esters is 1. The van der Waals surface area contributed by atoms with Gasteiger partial charge in [-0.2, -0.15) is 0 Å². The summed E-state index contributed by atoms with van der Waals surface area (Å²) >= 11 is 0.799. The summed E-state index contributed by atoms with van der Waals surface area (Å²) in [6, 6.07) is 5.33. The lowest BCUT2D eigenvalue weighted by Gasteiger charge is -2.15. The third-order valence-corrected chi connectivity index (χ3v) is 5.00. The highest BCUT2D eigenvalue weighted by Gasteiger charge is 2.36. The predicted octanol–water partition coefficient (Wildman–Crippen LogP) is 4.25. The normalized spacial score (nSPS) is 16.3. The van der Waals surface area contributed by atoms with Crippen LogP contribution in [0.15, 0.2) is 23.1 Å². The third-order valence-electron chi connectivity index (χ3n) is 4.10. The van der Waals surface area contributed by atoms with Crippen molar-refractivity contribution in [3.8, 4) is 11.5 Å². The van der Waals surface area contributed by atoms with Crippen molar-refractivity contribution in [3.05, 3.63) is 28.7 Å². The Hall–Kier alpha value is -2.48. The summed E-state index contributed by atoms with van der Waals surface area (Å²) in [6.07, 6.45) is 2.88. The zero-order chi connectivity index (χ0) is 21.4. The molecule has 1 aromatic carbocycles. The Morgan fingerprint density at radius 3 is 2.59 bits per heavy atom. The molecule has 0 spiro atoms. The average Bonchev–Trinajstić information content (AvgIpc) is 2.94. The summed E-state index contributed by atoms with van der Waals surface area (Å²) in [5, 5.41) is -0.490. The van der Waals surface area contributed by atoms with Crippen molar-refractivity contribution in [2.24, 2.45) is 0 Å². The minimum atomic E-state index is -0.598. The first kappa shape index (κ1) is 22.8. The molecule has 1 saturated heterocycles. The number of nitrogens with zero attached hydrogens (tertiary/aromatic N) is 1. The van der Waals surface area contributed by atoms with Gasteiger partial charge >= 0.3 is 5.97 Å². The van der Waals surface area contributed by atoms with Gasteiger partial charge in [0.2, 0.25) is 0 Å². The molecule has 2 rings (SSSR count). The van der Waals surface area contributed by atoms with Gasteiger partial charge in [-0.3, -0.25) is 19.3 Å². The lowest BCUT2D eigenvalue weighted by molar-refractivity contribution is -0.150. The highest BCUT2D eigenvalue weighted by Crippen LogP contribution is 2.34. The number of ether oxygens (including phenoxy) is 3. The van der Waals surface area contributed by atoms with Crippen LogP contribution in [0.4, 0.5) is 4.79 Å². The van der Waals surface area contributed by atoms with E-state index in [2.05, 4.69) is 0 Å². The molecule has 7 nitrogen and oxygen atoms in total. The number of rotatable bonds is 10. The van der Waals surface area contributed by atoms with Gasteiger partial charge in [0.15, 0.2) is 11.5 Å². The Morgan fingerprint density at radius 2 is 1.93 bits per heavy atom. The van der Waals surface area contributed by atoms with E-state index in [0.717, 1.165) is 23.1 Å². The molecule has 0 saturated carbocycles. The fraction of sp³-hybridized carbons (Fsp3) is 0.476. The van der Waals surface area contributed by atoms with Crippen LogP contribution < -0.4 is 9.47 Å². The molecule has 1 atom stereocenters. The Morgan fingerprint density at radius 1 is 1.17 bits per heavy atom. The maximum absolute atomic E-state index is 12.6. The fourth-order valence-electron chi connectivity index (χ4n) is 2.48. The predicted molar refractivity (Wildman–Crippen MR) is 112 cm³/mol. The van der Waals surface area contributed by atoms with Gasteiger partial charge in [0.25, 0.3) is 11.1 Å². The van der Waals surface area contributed by atoms with E-state index in [0.29, 0.717) is 36.7 Å². The SMILES string of the molecule is CCCOc1ccc(/C=C2\SC(=O)N(CC(=O)O[C@H](C)CC)C2=O)cc1OCC. The zero-order valence-electron chi connectivity index (χ0n) is 17.2. The van der Waals surface area contributed by atoms with Crippen molar-refractivity contribution in [2.75, 3.05) is 19.8 Å². The van der Waals surface area contributed by atoms with Gasteiger partial charge in [-0.25, -0.2) is 0 Å². The van der Waals surface area contributed by atoms with Crippen molar-refractivity contribution in [1.29, 1.82) is 0 Å². The van der Waals surface area contributed by atoms with Crippen molar-refractivity contribution in [3.63, 3.8) is 0 Å². The Balaban J connectivity index is 2.15. The van der Waals surface area contributed by atoms with Gasteiger partial charge in [-0.1, -0.05) is 19.9 Å². The third kappa shape index (κ3) is 6.25. The second kappa shape index (κ2) is 10.9. The van der Waals surface area contributed by atoms with E-state index < -0.39 is 17.1 Å². The highest BCUT2D eigenvalue weighted by molar-refractivity contribution is 8.18. The highest BCUT2D eigenvalue weighted by atomic mass is 32.2. The largest absolute Gasteiger partial charge is 0.490 e. The first-order valence-corrected chi connectivity index (χ1v) is 10.6. The van der Waals surface area contributed by atoms with E-state index in [1.54, 1.807) is 31.2 Å². The van der Waals surface area contributed by atoms with Gasteiger partial charge in [0.1, 0.15) is 6.54 Å². The average molecular weight is 422 g/mol. The summed E-state index contributed by atoms with van der Waals surface area (Å²) < 4.78 is 16.5. The van der Waals surface area contributed by atoms with Crippen molar-refractivity contribution < 1.29 is 28.6 Å². The lowest BCUT2D eigenvalue weighted by atomic mass is 10.2. The maximum Gasteiger partial charge on any atom is 0.326 e. The maximum atomic E-state index is 12.6. The van der Waals surface area contributed by atoms with Crippen LogP contribution in [0.3, 0.4) is 0 Å². The fourth-order valence-corrected chi connectivity index (χ4v) is 3.31. The minimum Gasteiger partial charge on any atom is -0.490 e. The number of thioether (sulfide) groups is 1. The number of carbonyl (C=O) groups is 3. The van der Waals surface area contributed by atoms with Crippen molar-refractivity contribution in [2.45, 2.75) is 46.6 Å². The number of hydrogen-bond acceptors (Lipinski definition) is 7. The van der Waals surface area contributed by atoms with Gasteiger partial charge in [-0.15, -0.1) is 0 Å². The van der Waals surface area contributed by atoms with E-state index in [1.807, 2.05) is 20.8 Å². The summed E-state index contributed by atoms with van der Waals surface area (Å²) in [5.41, 5.74) is 0.699. The second-order valence-corrected chi connectivity index (χ2v) is 7.46. The van der Waals surface area contributed by atoms with Crippen LogP contribution in [0.1, 0.15) is 46.1 Å². The van der Waals surface area contributed by atoms with Crippen LogP contribution >= 0.6 is 11.8 Å². The number of imide groups is 1. The molecule has 1 aliphatic heterocycles. The molecule has 8 heteroatoms. The summed E-state index contributed by atoms with van der Waals surface area (Å²) in [7, 11) is 0. The summed E-state index contributed by atoms with van der Waals surface area (Å²) in [4.78, 5) is 37.9.